The molecule has 1 amide bonds. The summed E-state index contributed by atoms with van der Waals surface area (Å²) in [6.07, 6.45) is 0.855. The van der Waals surface area contributed by atoms with Crippen molar-refractivity contribution in [3.05, 3.63) is 46.2 Å². The zero-order chi connectivity index (χ0) is 13.1. The van der Waals surface area contributed by atoms with Crippen molar-refractivity contribution in [1.29, 1.82) is 0 Å². The minimum Gasteiger partial charge on any atom is -0.454 e. The van der Waals surface area contributed by atoms with Crippen molar-refractivity contribution in [1.82, 2.24) is 5.32 Å². The maximum Gasteiger partial charge on any atom is 0.251 e. The van der Waals surface area contributed by atoms with Crippen molar-refractivity contribution in [3.63, 3.8) is 0 Å². The van der Waals surface area contributed by atoms with Crippen molar-refractivity contribution in [2.75, 3.05) is 13.3 Å². The molecule has 0 unspecified atom stereocenters. The summed E-state index contributed by atoms with van der Waals surface area (Å²) in [6, 6.07) is 9.30. The Morgan fingerprint density at radius 2 is 2.16 bits per heavy atom. The van der Waals surface area contributed by atoms with Gasteiger partial charge in [-0.25, -0.2) is 0 Å². The summed E-state index contributed by atoms with van der Waals surface area (Å²) in [5, 5.41) is 4.94. The first-order chi connectivity index (χ1) is 9.33. The molecule has 0 saturated heterocycles. The zero-order valence-corrected chi connectivity index (χ0v) is 11.0. The van der Waals surface area contributed by atoms with Crippen LogP contribution in [0.1, 0.15) is 15.2 Å². The summed E-state index contributed by atoms with van der Waals surface area (Å²) >= 11 is 1.70. The van der Waals surface area contributed by atoms with Crippen molar-refractivity contribution < 1.29 is 14.3 Å². The number of rotatable bonds is 4. The summed E-state index contributed by atoms with van der Waals surface area (Å²) in [5.41, 5.74) is 0.593. The van der Waals surface area contributed by atoms with E-state index in [1.165, 1.54) is 4.88 Å². The minimum atomic E-state index is -0.0881. The van der Waals surface area contributed by atoms with Gasteiger partial charge in [0, 0.05) is 17.0 Å². The Kier molecular flexibility index (Phi) is 3.37. The molecular formula is C14H13NO3S. The van der Waals surface area contributed by atoms with Crippen molar-refractivity contribution >= 4 is 17.2 Å². The molecule has 0 spiro atoms. The first kappa shape index (κ1) is 12.0. The number of hydrogen-bond donors (Lipinski definition) is 1. The fourth-order valence-corrected chi connectivity index (χ4v) is 2.60. The van der Waals surface area contributed by atoms with E-state index >= 15 is 0 Å². The maximum absolute atomic E-state index is 12.0. The third-order valence-electron chi connectivity index (χ3n) is 2.87. The fraction of sp³-hybridized carbons (Fsp3) is 0.214. The summed E-state index contributed by atoms with van der Waals surface area (Å²) in [4.78, 5) is 13.2. The van der Waals surface area contributed by atoms with Crippen LogP contribution in [0.15, 0.2) is 35.7 Å². The lowest BCUT2D eigenvalue weighted by Gasteiger charge is -2.05. The van der Waals surface area contributed by atoms with Crippen LogP contribution in [0.2, 0.25) is 0 Å². The number of carbonyl (C=O) groups excluding carboxylic acids is 1. The second kappa shape index (κ2) is 5.32. The van der Waals surface area contributed by atoms with Crippen LogP contribution in [-0.4, -0.2) is 19.2 Å². The molecule has 4 nitrogen and oxygen atoms in total. The van der Waals surface area contributed by atoms with Crippen LogP contribution in [-0.2, 0) is 6.42 Å². The molecule has 1 aliphatic heterocycles. The van der Waals surface area contributed by atoms with E-state index in [4.69, 9.17) is 9.47 Å². The molecule has 0 saturated carbocycles. The number of benzene rings is 1. The summed E-state index contributed by atoms with van der Waals surface area (Å²) in [5.74, 6) is 1.23. The molecule has 1 aliphatic rings. The minimum absolute atomic E-state index is 0.0881. The van der Waals surface area contributed by atoms with E-state index in [1.54, 1.807) is 29.5 Å². The third-order valence-corrected chi connectivity index (χ3v) is 3.81. The van der Waals surface area contributed by atoms with E-state index < -0.39 is 0 Å². The predicted molar refractivity (Wildman–Crippen MR) is 72.9 cm³/mol. The van der Waals surface area contributed by atoms with Gasteiger partial charge < -0.3 is 14.8 Å². The lowest BCUT2D eigenvalue weighted by Crippen LogP contribution is -2.25. The normalized spacial score (nSPS) is 12.4. The summed E-state index contributed by atoms with van der Waals surface area (Å²) in [7, 11) is 0. The number of carbonyl (C=O) groups is 1. The Hall–Kier alpha value is -2.01. The average Bonchev–Trinajstić information content (AvgIpc) is 3.08. The van der Waals surface area contributed by atoms with E-state index in [2.05, 4.69) is 11.4 Å². The second-order valence-electron chi connectivity index (χ2n) is 4.15. The molecule has 1 aromatic carbocycles. The SMILES string of the molecule is O=C(NCCc1cccs1)c1ccc2c(c1)OCO2. The lowest BCUT2D eigenvalue weighted by molar-refractivity contribution is 0.0953. The van der Waals surface area contributed by atoms with Crippen molar-refractivity contribution in [3.8, 4) is 11.5 Å². The molecule has 5 heteroatoms. The highest BCUT2D eigenvalue weighted by Crippen LogP contribution is 2.32. The molecule has 98 valence electrons. The molecule has 0 atom stereocenters. The summed E-state index contributed by atoms with van der Waals surface area (Å²) < 4.78 is 10.5. The van der Waals surface area contributed by atoms with Gasteiger partial charge in [-0.2, -0.15) is 0 Å². The topological polar surface area (TPSA) is 47.6 Å². The Morgan fingerprint density at radius 3 is 3.00 bits per heavy atom. The highest BCUT2D eigenvalue weighted by molar-refractivity contribution is 7.09. The van der Waals surface area contributed by atoms with Crippen LogP contribution < -0.4 is 14.8 Å². The zero-order valence-electron chi connectivity index (χ0n) is 10.2. The van der Waals surface area contributed by atoms with Crippen LogP contribution in [0.3, 0.4) is 0 Å². The molecule has 2 heterocycles. The Bertz CT molecular complexity index is 580. The molecular weight excluding hydrogens is 262 g/mol. The number of hydrogen-bond acceptors (Lipinski definition) is 4. The van der Waals surface area contributed by atoms with Gasteiger partial charge in [0.05, 0.1) is 0 Å². The molecule has 3 rings (SSSR count). The second-order valence-corrected chi connectivity index (χ2v) is 5.19. The largest absolute Gasteiger partial charge is 0.454 e. The number of thiophene rings is 1. The molecule has 19 heavy (non-hydrogen) atoms. The van der Waals surface area contributed by atoms with Gasteiger partial charge in [-0.3, -0.25) is 4.79 Å². The van der Waals surface area contributed by atoms with E-state index in [1.807, 2.05) is 11.4 Å². The maximum atomic E-state index is 12.0. The number of ether oxygens (including phenoxy) is 2. The lowest BCUT2D eigenvalue weighted by atomic mass is 10.2. The van der Waals surface area contributed by atoms with Crippen LogP contribution in [0.5, 0.6) is 11.5 Å². The molecule has 0 radical (unpaired) electrons. The van der Waals surface area contributed by atoms with Crippen molar-refractivity contribution in [2.24, 2.45) is 0 Å². The van der Waals surface area contributed by atoms with Crippen molar-refractivity contribution in [2.45, 2.75) is 6.42 Å². The highest BCUT2D eigenvalue weighted by Gasteiger charge is 2.15. The average molecular weight is 275 g/mol. The van der Waals surface area contributed by atoms with Gasteiger partial charge in [0.25, 0.3) is 5.91 Å². The van der Waals surface area contributed by atoms with Gasteiger partial charge in [-0.1, -0.05) is 6.07 Å². The van der Waals surface area contributed by atoms with E-state index in [9.17, 15) is 4.79 Å². The summed E-state index contributed by atoms with van der Waals surface area (Å²) in [6.45, 7) is 0.854. The Labute approximate surface area is 115 Å². The number of fused-ring (bicyclic) bond motifs is 1. The molecule has 0 fully saturated rings. The van der Waals surface area contributed by atoms with Gasteiger partial charge in [0.2, 0.25) is 6.79 Å². The van der Waals surface area contributed by atoms with E-state index in [0.29, 0.717) is 23.6 Å². The van der Waals surface area contributed by atoms with Gasteiger partial charge in [-0.15, -0.1) is 11.3 Å². The fourth-order valence-electron chi connectivity index (χ4n) is 1.89. The van der Waals surface area contributed by atoms with Crippen LogP contribution in [0.4, 0.5) is 0 Å². The van der Waals surface area contributed by atoms with Gasteiger partial charge in [0.15, 0.2) is 11.5 Å². The van der Waals surface area contributed by atoms with Crippen LogP contribution >= 0.6 is 11.3 Å². The standard InChI is InChI=1S/C14H13NO3S/c16-14(15-6-5-11-2-1-7-19-11)10-3-4-12-13(8-10)18-9-17-12/h1-4,7-8H,5-6,9H2,(H,15,16). The number of nitrogens with one attached hydrogen (secondary N) is 1. The quantitative estimate of drug-likeness (QED) is 0.932. The van der Waals surface area contributed by atoms with Crippen LogP contribution in [0, 0.1) is 0 Å². The van der Waals surface area contributed by atoms with Gasteiger partial charge >= 0.3 is 0 Å². The van der Waals surface area contributed by atoms with Gasteiger partial charge in [0.1, 0.15) is 0 Å². The van der Waals surface area contributed by atoms with E-state index in [0.717, 1.165) is 6.42 Å². The molecule has 1 N–H and O–H groups in total. The molecule has 0 bridgehead atoms. The number of amides is 1. The monoisotopic (exact) mass is 275 g/mol. The van der Waals surface area contributed by atoms with E-state index in [-0.39, 0.29) is 12.7 Å². The Morgan fingerprint density at radius 1 is 1.26 bits per heavy atom. The molecule has 0 aliphatic carbocycles. The smallest absolute Gasteiger partial charge is 0.251 e. The first-order valence-corrected chi connectivity index (χ1v) is 6.91. The molecule has 1 aromatic heterocycles. The van der Waals surface area contributed by atoms with Crippen LogP contribution in [0.25, 0.3) is 0 Å². The predicted octanol–water partition coefficient (Wildman–Crippen LogP) is 2.45. The van der Waals surface area contributed by atoms with Gasteiger partial charge in [-0.05, 0) is 36.1 Å². The molecule has 2 aromatic rings. The Balaban J connectivity index is 1.58. The first-order valence-electron chi connectivity index (χ1n) is 6.03. The third kappa shape index (κ3) is 2.71. The highest BCUT2D eigenvalue weighted by atomic mass is 32.1.